The lowest BCUT2D eigenvalue weighted by Crippen LogP contribution is -2.57. The van der Waals surface area contributed by atoms with Gasteiger partial charge in [0.2, 0.25) is 0 Å². The minimum Gasteiger partial charge on any atom is -0.377 e. The van der Waals surface area contributed by atoms with Crippen LogP contribution in [0.25, 0.3) is 0 Å². The summed E-state index contributed by atoms with van der Waals surface area (Å²) in [7, 11) is 5.71. The number of nitrogens with zero attached hydrogens (tertiary/aromatic N) is 4. The number of hydrogen-bond donors (Lipinski definition) is 1. The second-order valence-electron chi connectivity index (χ2n) is 5.87. The Bertz CT molecular complexity index is 463. The molecule has 2 rings (SSSR count). The highest BCUT2D eigenvalue weighted by Gasteiger charge is 2.31. The van der Waals surface area contributed by atoms with Crippen molar-refractivity contribution >= 4 is 11.6 Å². The second kappa shape index (κ2) is 5.93. The third-order valence-electron chi connectivity index (χ3n) is 3.93. The fourth-order valence-corrected chi connectivity index (χ4v) is 2.40. The van der Waals surface area contributed by atoms with E-state index in [0.29, 0.717) is 12.4 Å². The molecular formula is C14H25N5O. The third-order valence-corrected chi connectivity index (χ3v) is 3.93. The van der Waals surface area contributed by atoms with Crippen LogP contribution in [0.5, 0.6) is 0 Å². The highest BCUT2D eigenvalue weighted by Crippen LogP contribution is 2.24. The average molecular weight is 279 g/mol. The van der Waals surface area contributed by atoms with E-state index in [2.05, 4.69) is 46.0 Å². The van der Waals surface area contributed by atoms with Crippen molar-refractivity contribution in [2.24, 2.45) is 0 Å². The molecule has 6 nitrogen and oxygen atoms in total. The van der Waals surface area contributed by atoms with Gasteiger partial charge in [-0.25, -0.2) is 9.97 Å². The van der Waals surface area contributed by atoms with Crippen LogP contribution in [-0.2, 0) is 11.3 Å². The maximum Gasteiger partial charge on any atom is 0.158 e. The standard InChI is InChI=1S/C14H25N5O/c1-14(2)10-19(7-6-18(14)4)13-8-11(15-3)16-12(17-13)9-20-5/h8H,6-7,9-10H2,1-5H3,(H,15,16,17). The molecule has 0 aromatic carbocycles. The smallest absolute Gasteiger partial charge is 0.158 e. The van der Waals surface area contributed by atoms with Crippen LogP contribution in [0, 0.1) is 0 Å². The Kier molecular flexibility index (Phi) is 4.45. The number of likely N-dealkylation sites (N-methyl/N-ethyl adjacent to an activating group) is 1. The van der Waals surface area contributed by atoms with Crippen LogP contribution in [0.3, 0.4) is 0 Å². The Morgan fingerprint density at radius 3 is 2.70 bits per heavy atom. The van der Waals surface area contributed by atoms with Gasteiger partial charge in [-0.15, -0.1) is 0 Å². The van der Waals surface area contributed by atoms with Gasteiger partial charge in [0, 0.05) is 45.4 Å². The molecule has 0 saturated carbocycles. The quantitative estimate of drug-likeness (QED) is 0.893. The lowest BCUT2D eigenvalue weighted by molar-refractivity contribution is 0.138. The Labute approximate surface area is 121 Å². The average Bonchev–Trinajstić information content (AvgIpc) is 2.41. The summed E-state index contributed by atoms with van der Waals surface area (Å²) in [5, 5.41) is 3.09. The van der Waals surface area contributed by atoms with Crippen molar-refractivity contribution in [2.45, 2.75) is 26.0 Å². The molecule has 2 heterocycles. The Morgan fingerprint density at radius 1 is 1.35 bits per heavy atom. The minimum atomic E-state index is 0.143. The third kappa shape index (κ3) is 3.19. The molecule has 20 heavy (non-hydrogen) atoms. The number of rotatable bonds is 4. The molecule has 6 heteroatoms. The van der Waals surface area contributed by atoms with Gasteiger partial charge in [-0.3, -0.25) is 4.90 Å². The zero-order chi connectivity index (χ0) is 14.8. The molecule has 0 bridgehead atoms. The van der Waals surface area contributed by atoms with Crippen molar-refractivity contribution in [3.63, 3.8) is 0 Å². The molecule has 1 saturated heterocycles. The first-order valence-corrected chi connectivity index (χ1v) is 6.97. The van der Waals surface area contributed by atoms with Gasteiger partial charge in [0.15, 0.2) is 5.82 Å². The number of anilines is 2. The molecule has 0 spiro atoms. The predicted octanol–water partition coefficient (Wildman–Crippen LogP) is 1.20. The van der Waals surface area contributed by atoms with E-state index < -0.39 is 0 Å². The number of nitrogens with one attached hydrogen (secondary N) is 1. The van der Waals surface area contributed by atoms with E-state index in [0.717, 1.165) is 31.3 Å². The largest absolute Gasteiger partial charge is 0.377 e. The van der Waals surface area contributed by atoms with E-state index in [-0.39, 0.29) is 5.54 Å². The first-order chi connectivity index (χ1) is 9.46. The van der Waals surface area contributed by atoms with E-state index in [1.165, 1.54) is 0 Å². The van der Waals surface area contributed by atoms with E-state index in [9.17, 15) is 0 Å². The summed E-state index contributed by atoms with van der Waals surface area (Å²) >= 11 is 0. The Balaban J connectivity index is 2.25. The van der Waals surface area contributed by atoms with Crippen LogP contribution in [-0.4, -0.2) is 61.2 Å². The molecule has 0 aliphatic carbocycles. The predicted molar refractivity (Wildman–Crippen MR) is 81.2 cm³/mol. The summed E-state index contributed by atoms with van der Waals surface area (Å²) in [5.41, 5.74) is 0.143. The van der Waals surface area contributed by atoms with E-state index >= 15 is 0 Å². The molecule has 1 aromatic rings. The van der Waals surface area contributed by atoms with Crippen molar-refractivity contribution in [2.75, 3.05) is 51.1 Å². The topological polar surface area (TPSA) is 53.5 Å². The number of hydrogen-bond acceptors (Lipinski definition) is 6. The molecule has 0 atom stereocenters. The Morgan fingerprint density at radius 2 is 2.10 bits per heavy atom. The first kappa shape index (κ1) is 15.0. The number of piperazine rings is 1. The number of ether oxygens (including phenoxy) is 1. The number of aromatic nitrogens is 2. The molecule has 1 N–H and O–H groups in total. The van der Waals surface area contributed by atoms with Crippen molar-refractivity contribution < 1.29 is 4.74 Å². The normalized spacial score (nSPS) is 19.1. The van der Waals surface area contributed by atoms with Crippen molar-refractivity contribution in [3.8, 4) is 0 Å². The summed E-state index contributed by atoms with van der Waals surface area (Å²) in [6.45, 7) is 7.92. The van der Waals surface area contributed by atoms with Crippen molar-refractivity contribution in [1.29, 1.82) is 0 Å². The van der Waals surface area contributed by atoms with Gasteiger partial charge in [0.1, 0.15) is 18.2 Å². The molecule has 1 aliphatic rings. The highest BCUT2D eigenvalue weighted by atomic mass is 16.5. The van der Waals surface area contributed by atoms with Gasteiger partial charge >= 0.3 is 0 Å². The van der Waals surface area contributed by atoms with Gasteiger partial charge in [-0.1, -0.05) is 0 Å². The summed E-state index contributed by atoms with van der Waals surface area (Å²) in [6, 6.07) is 2.00. The maximum atomic E-state index is 5.15. The number of methoxy groups -OCH3 is 1. The molecular weight excluding hydrogens is 254 g/mol. The molecule has 0 unspecified atom stereocenters. The summed E-state index contributed by atoms with van der Waals surface area (Å²) in [6.07, 6.45) is 0. The van der Waals surface area contributed by atoms with Crippen LogP contribution in [0.2, 0.25) is 0 Å². The molecule has 1 aliphatic heterocycles. The maximum absolute atomic E-state index is 5.15. The van der Waals surface area contributed by atoms with Crippen LogP contribution in [0.4, 0.5) is 11.6 Å². The zero-order valence-electron chi connectivity index (χ0n) is 13.1. The highest BCUT2D eigenvalue weighted by molar-refractivity contribution is 5.50. The van der Waals surface area contributed by atoms with Gasteiger partial charge in [0.05, 0.1) is 0 Å². The lowest BCUT2D eigenvalue weighted by Gasteiger charge is -2.45. The molecule has 112 valence electrons. The van der Waals surface area contributed by atoms with Gasteiger partial charge in [-0.05, 0) is 20.9 Å². The first-order valence-electron chi connectivity index (χ1n) is 6.97. The van der Waals surface area contributed by atoms with Gasteiger partial charge in [-0.2, -0.15) is 0 Å². The summed E-state index contributed by atoms with van der Waals surface area (Å²) < 4.78 is 5.15. The second-order valence-corrected chi connectivity index (χ2v) is 5.87. The zero-order valence-corrected chi connectivity index (χ0v) is 13.1. The molecule has 0 amide bonds. The minimum absolute atomic E-state index is 0.143. The van der Waals surface area contributed by atoms with Gasteiger partial charge < -0.3 is 15.0 Å². The Hall–Kier alpha value is -1.40. The van der Waals surface area contributed by atoms with E-state index in [1.54, 1.807) is 7.11 Å². The van der Waals surface area contributed by atoms with Crippen LogP contribution in [0.15, 0.2) is 6.07 Å². The van der Waals surface area contributed by atoms with E-state index in [1.807, 2.05) is 13.1 Å². The van der Waals surface area contributed by atoms with Crippen LogP contribution >= 0.6 is 0 Å². The monoisotopic (exact) mass is 279 g/mol. The van der Waals surface area contributed by atoms with Crippen molar-refractivity contribution in [1.82, 2.24) is 14.9 Å². The van der Waals surface area contributed by atoms with E-state index in [4.69, 9.17) is 4.74 Å². The molecule has 0 radical (unpaired) electrons. The van der Waals surface area contributed by atoms with Gasteiger partial charge in [0.25, 0.3) is 0 Å². The van der Waals surface area contributed by atoms with Crippen molar-refractivity contribution in [3.05, 3.63) is 11.9 Å². The fraction of sp³-hybridized carbons (Fsp3) is 0.714. The summed E-state index contributed by atoms with van der Waals surface area (Å²) in [4.78, 5) is 13.7. The van der Waals surface area contributed by atoms with Crippen LogP contribution in [0.1, 0.15) is 19.7 Å². The SMILES string of the molecule is CNc1cc(N2CCN(C)C(C)(C)C2)nc(COC)n1. The molecule has 1 fully saturated rings. The fourth-order valence-electron chi connectivity index (χ4n) is 2.40. The lowest BCUT2D eigenvalue weighted by atomic mass is 10.00. The van der Waals surface area contributed by atoms with Crippen LogP contribution < -0.4 is 10.2 Å². The molecule has 1 aromatic heterocycles. The summed E-state index contributed by atoms with van der Waals surface area (Å²) in [5.74, 6) is 2.52.